The fourth-order valence-corrected chi connectivity index (χ4v) is 26.7. The Bertz CT molecular complexity index is 464. The van der Waals surface area contributed by atoms with Gasteiger partial charge in [0.05, 0.1) is 0 Å². The Labute approximate surface area is 208 Å². The molecule has 0 bridgehead atoms. The lowest BCUT2D eigenvalue weighted by Crippen LogP contribution is -2.66. The van der Waals surface area contributed by atoms with Gasteiger partial charge in [-0.1, -0.05) is 0 Å². The van der Waals surface area contributed by atoms with Crippen LogP contribution in [0.4, 0.5) is 0 Å². The highest BCUT2D eigenvalue weighted by atomic mass is 27.5. The van der Waals surface area contributed by atoms with Crippen molar-refractivity contribution in [2.45, 2.75) is 0 Å². The maximum atomic E-state index is 5.50. The highest BCUT2D eigenvalue weighted by molar-refractivity contribution is 6.80. The van der Waals surface area contributed by atoms with E-state index in [1.54, 1.807) is 0 Å². The SMILES string of the molecule is [Al][O][Al]1[O][Al]([O][Al]2[O][Al]([O][Al]3[O][Al]([O][Al]4[O][Al]([O][Al]5[O][Al][O]5)[O]4)[O]3)[O]2)[O]1. The predicted octanol–water partition coefficient (Wildman–Crippen LogP) is -5.21. The molecular weight excluding hydrogens is 537 g/mol. The molecule has 0 atom stereocenters. The van der Waals surface area contributed by atoms with Crippen molar-refractivity contribution in [3.05, 3.63) is 0 Å². The summed E-state index contributed by atoms with van der Waals surface area (Å²) < 4.78 is 80.3. The third-order valence-corrected chi connectivity index (χ3v) is 28.0. The lowest BCUT2D eigenvalue weighted by Gasteiger charge is -2.38. The van der Waals surface area contributed by atoms with Crippen molar-refractivity contribution in [1.82, 2.24) is 0 Å². The quantitative estimate of drug-likeness (QED) is 0.259. The molecule has 5 heterocycles. The van der Waals surface area contributed by atoms with Gasteiger partial charge in [0.1, 0.15) is 0 Å². The second kappa shape index (κ2) is 11.1. The van der Waals surface area contributed by atoms with Crippen molar-refractivity contribution in [3.8, 4) is 0 Å². The molecule has 0 saturated carbocycles. The summed E-state index contributed by atoms with van der Waals surface area (Å²) in [7, 11) is 0. The van der Waals surface area contributed by atoms with Crippen LogP contribution in [0.15, 0.2) is 0 Å². The van der Waals surface area contributed by atoms with E-state index in [1.807, 2.05) is 0 Å². The van der Waals surface area contributed by atoms with Crippen molar-refractivity contribution < 1.29 is 42.6 Å². The van der Waals surface area contributed by atoms with Crippen molar-refractivity contribution in [2.24, 2.45) is 0 Å². The van der Waals surface area contributed by atoms with Gasteiger partial charge in [0.25, 0.3) is 0 Å². The second-order valence-corrected chi connectivity index (χ2v) is 26.5. The molecule has 0 aromatic rings. The molecule has 0 aliphatic carbocycles. The fraction of sp³-hybridized carbons (Fsp3) is 0. The van der Waals surface area contributed by atoms with E-state index >= 15 is 0 Å². The molecule has 5 saturated heterocycles. The van der Waals surface area contributed by atoms with Crippen LogP contribution in [0.2, 0.25) is 0 Å². The third kappa shape index (κ3) is 6.23. The maximum Gasteiger partial charge on any atom is 0.821 e. The van der Waals surface area contributed by atoms with Crippen molar-refractivity contribution in [3.63, 3.8) is 0 Å². The average molecular weight is 537 g/mol. The van der Waals surface area contributed by atoms with Gasteiger partial charge in [-0.3, -0.25) is 0 Å². The Kier molecular flexibility index (Phi) is 9.85. The highest BCUT2D eigenvalue weighted by Crippen LogP contribution is 2.23. The van der Waals surface area contributed by atoms with Gasteiger partial charge in [0, 0.05) is 0 Å². The molecule has 5 rings (SSSR count). The molecule has 0 aromatic carbocycles. The van der Waals surface area contributed by atoms with E-state index in [0.29, 0.717) is 0 Å². The molecule has 5 aliphatic rings. The van der Waals surface area contributed by atoms with E-state index in [0.717, 1.165) is 0 Å². The summed E-state index contributed by atoms with van der Waals surface area (Å²) in [5, 5.41) is 0. The van der Waals surface area contributed by atoms with Crippen molar-refractivity contribution >= 4 is 169 Å². The normalized spacial score (nSPS) is 24.7. The smallest absolute Gasteiger partial charge is 0.605 e. The number of hydrogen-bond acceptors (Lipinski definition) is 15. The first kappa shape index (κ1) is 23.0. The van der Waals surface area contributed by atoms with E-state index in [9.17, 15) is 0 Å². The van der Waals surface area contributed by atoms with Crippen LogP contribution in [0.25, 0.3) is 0 Å². The van der Waals surface area contributed by atoms with Gasteiger partial charge in [-0.05, 0) is 0 Å². The Morgan fingerprint density at radius 2 is 0.769 bits per heavy atom. The molecule has 0 amide bonds. The Hall–Kier alpha value is 5.26. The first-order valence-electron chi connectivity index (χ1n) is 7.07. The third-order valence-electron chi connectivity index (χ3n) is 3.11. The molecule has 123 valence electrons. The molecular formula is Al11O15. The standard InChI is InChI=1S/11Al.15O. The van der Waals surface area contributed by atoms with Crippen LogP contribution in [0.5, 0.6) is 0 Å². The molecule has 26 heavy (non-hydrogen) atoms. The second-order valence-electron chi connectivity index (χ2n) is 4.74. The van der Waals surface area contributed by atoms with Crippen molar-refractivity contribution in [2.75, 3.05) is 0 Å². The topological polar surface area (TPSA) is 138 Å². The summed E-state index contributed by atoms with van der Waals surface area (Å²) in [6.45, 7) is 0. The summed E-state index contributed by atoms with van der Waals surface area (Å²) in [6, 6.07) is 0. The fourth-order valence-electron chi connectivity index (χ4n) is 1.81. The van der Waals surface area contributed by atoms with Crippen LogP contribution in [-0.4, -0.2) is 169 Å². The molecule has 15 nitrogen and oxygen atoms in total. The first-order chi connectivity index (χ1) is 12.7. The van der Waals surface area contributed by atoms with Gasteiger partial charge in [-0.25, -0.2) is 0 Å². The molecule has 3 radical (unpaired) electrons. The molecule has 0 aromatic heterocycles. The van der Waals surface area contributed by atoms with Crippen LogP contribution in [0, 0.1) is 0 Å². The zero-order valence-electron chi connectivity index (χ0n) is 12.5. The monoisotopic (exact) mass is 537 g/mol. The van der Waals surface area contributed by atoms with Gasteiger partial charge in [0.2, 0.25) is 0 Å². The Morgan fingerprint density at radius 3 is 1.04 bits per heavy atom. The van der Waals surface area contributed by atoms with E-state index in [4.69, 9.17) is 42.6 Å². The summed E-state index contributed by atoms with van der Waals surface area (Å²) in [4.78, 5) is 0. The van der Waals surface area contributed by atoms with E-state index in [2.05, 4.69) is 16.6 Å². The van der Waals surface area contributed by atoms with Crippen LogP contribution >= 0.6 is 0 Å². The lowest BCUT2D eigenvalue weighted by molar-refractivity contribution is 0.0571. The van der Waals surface area contributed by atoms with Crippen LogP contribution in [0.3, 0.4) is 0 Å². The Morgan fingerprint density at radius 1 is 0.462 bits per heavy atom. The average Bonchev–Trinajstić information content (AvgIpc) is 2.43. The van der Waals surface area contributed by atoms with Gasteiger partial charge in [-0.2, -0.15) is 0 Å². The molecule has 0 unspecified atom stereocenters. The van der Waals surface area contributed by atoms with Crippen LogP contribution < -0.4 is 0 Å². The minimum atomic E-state index is -2.23. The van der Waals surface area contributed by atoms with Crippen LogP contribution in [-0.2, 0) is 42.6 Å². The van der Waals surface area contributed by atoms with E-state index in [1.165, 1.54) is 0 Å². The number of hydrogen-bond donors (Lipinski definition) is 0. The minimum absolute atomic E-state index is 0.349. The molecule has 26 heteroatoms. The van der Waals surface area contributed by atoms with Gasteiger partial charge >= 0.3 is 169 Å². The lowest BCUT2D eigenvalue weighted by atomic mass is 15.5. The molecule has 0 spiro atoms. The zero-order chi connectivity index (χ0) is 17.5. The van der Waals surface area contributed by atoms with Gasteiger partial charge in [0.15, 0.2) is 0 Å². The Balaban J connectivity index is 0.882. The molecule has 5 fully saturated rings. The van der Waals surface area contributed by atoms with E-state index < -0.39 is 136 Å². The summed E-state index contributed by atoms with van der Waals surface area (Å²) in [6.07, 6.45) is 0. The molecule has 0 N–H and O–H groups in total. The van der Waals surface area contributed by atoms with Gasteiger partial charge in [-0.15, -0.1) is 0 Å². The van der Waals surface area contributed by atoms with Gasteiger partial charge < -0.3 is 42.6 Å². The summed E-state index contributed by atoms with van der Waals surface area (Å²) in [5.74, 6) is 0. The first-order valence-corrected chi connectivity index (χ1v) is 21.2. The van der Waals surface area contributed by atoms with Crippen molar-refractivity contribution in [1.29, 1.82) is 0 Å². The zero-order valence-corrected chi connectivity index (χ0v) is 25.2. The van der Waals surface area contributed by atoms with Crippen LogP contribution in [0.1, 0.15) is 0 Å². The summed E-state index contributed by atoms with van der Waals surface area (Å²) in [5.41, 5.74) is 0. The predicted molar refractivity (Wildman–Crippen MR) is 79.6 cm³/mol. The molecule has 5 aliphatic heterocycles. The largest absolute Gasteiger partial charge is 0.821 e. The summed E-state index contributed by atoms with van der Waals surface area (Å²) >= 11 is -17.3. The minimum Gasteiger partial charge on any atom is -0.605 e. The highest BCUT2D eigenvalue weighted by Gasteiger charge is 2.67. The maximum absolute atomic E-state index is 5.50. The van der Waals surface area contributed by atoms with E-state index in [-0.39, 0.29) is 15.9 Å². The number of rotatable bonds is 9.